The maximum atomic E-state index is 14.1. The highest BCUT2D eigenvalue weighted by Gasteiger charge is 2.47. The third-order valence-electron chi connectivity index (χ3n) is 11.6. The van der Waals surface area contributed by atoms with Crippen molar-refractivity contribution in [3.63, 3.8) is 0 Å². The van der Waals surface area contributed by atoms with Crippen molar-refractivity contribution >= 4 is 104 Å². The molecule has 0 spiro atoms. The molecule has 0 bridgehead atoms. The smallest absolute Gasteiger partial charge is 0.352 e. The summed E-state index contributed by atoms with van der Waals surface area (Å²) in [6.45, 7) is 6.33. The van der Waals surface area contributed by atoms with E-state index >= 15 is 0 Å². The van der Waals surface area contributed by atoms with E-state index in [1.165, 1.54) is 39.3 Å². The Morgan fingerprint density at radius 3 is 2.29 bits per heavy atom. The number of thioether (sulfide) groups is 3. The minimum atomic E-state index is -4.81. The number of amides is 3. The number of likely N-dealkylation sites (N-methyl/N-ethyl adjacent to an activating group) is 1. The third-order valence-corrected chi connectivity index (χ3v) is 18.4. The van der Waals surface area contributed by atoms with Crippen molar-refractivity contribution in [2.45, 2.75) is 90.1 Å². The summed E-state index contributed by atoms with van der Waals surface area (Å²) < 4.78 is 45.2. The van der Waals surface area contributed by atoms with E-state index in [-0.39, 0.29) is 28.6 Å². The minimum Gasteiger partial charge on any atom is -0.352 e. The fraction of sp³-hybridized carbons (Fsp3) is 0.300. The van der Waals surface area contributed by atoms with Crippen molar-refractivity contribution in [2.24, 2.45) is 7.05 Å². The average Bonchev–Trinajstić information content (AvgIpc) is 4.25. The number of aromatic amines is 1. The Bertz CT molecular complexity index is 3210. The maximum Gasteiger partial charge on any atom is 0.409 e. The Kier molecular flexibility index (Phi) is 18.8. The van der Waals surface area contributed by atoms with Crippen LogP contribution in [0.15, 0.2) is 130 Å². The van der Waals surface area contributed by atoms with Gasteiger partial charge in [0, 0.05) is 47.8 Å². The number of alkyl halides is 4. The molecule has 7 aromatic rings. The van der Waals surface area contributed by atoms with Gasteiger partial charge < -0.3 is 29.7 Å². The van der Waals surface area contributed by atoms with Crippen molar-refractivity contribution < 1.29 is 27.6 Å². The Morgan fingerprint density at radius 1 is 0.827 bits per heavy atom. The van der Waals surface area contributed by atoms with Crippen LogP contribution in [0.2, 0.25) is 0 Å². The van der Waals surface area contributed by atoms with Gasteiger partial charge in [0.25, 0.3) is 5.91 Å². The molecule has 0 radical (unpaired) electrons. The summed E-state index contributed by atoms with van der Waals surface area (Å²) in [5, 5.41) is 31.5. The second-order valence-corrected chi connectivity index (χ2v) is 23.8. The zero-order chi connectivity index (χ0) is 53.2. The van der Waals surface area contributed by atoms with Gasteiger partial charge in [-0.15, -0.1) is 64.6 Å². The summed E-state index contributed by atoms with van der Waals surface area (Å²) in [5.41, 5.74) is 2.31. The highest BCUT2D eigenvalue weighted by molar-refractivity contribution is 8.01. The fourth-order valence-electron chi connectivity index (χ4n) is 7.64. The molecule has 1 aromatic carbocycles. The van der Waals surface area contributed by atoms with Crippen LogP contribution in [-0.4, -0.2) is 102 Å². The number of carbonyl (C=O) groups excluding carboxylic acids is 3. The molecule has 0 saturated carbocycles. The fourth-order valence-corrected chi connectivity index (χ4v) is 13.3. The zero-order valence-electron chi connectivity index (χ0n) is 40.9. The van der Waals surface area contributed by atoms with Gasteiger partial charge in [-0.05, 0) is 105 Å². The molecular formula is C50H50ClF3N12O3S6. The Hall–Kier alpha value is -5.76. The van der Waals surface area contributed by atoms with E-state index in [0.29, 0.717) is 70.3 Å². The Balaban J connectivity index is 0.806. The molecule has 3 amide bonds. The van der Waals surface area contributed by atoms with Gasteiger partial charge in [0.05, 0.1) is 20.4 Å². The second kappa shape index (κ2) is 25.4. The molecule has 6 heterocycles. The molecule has 25 heteroatoms. The van der Waals surface area contributed by atoms with Crippen LogP contribution in [0.3, 0.4) is 0 Å². The topological polar surface area (TPSA) is 182 Å². The van der Waals surface area contributed by atoms with Crippen LogP contribution in [0.4, 0.5) is 18.9 Å². The molecule has 75 heavy (non-hydrogen) atoms. The van der Waals surface area contributed by atoms with Gasteiger partial charge in [0.15, 0.2) is 42.9 Å². The molecule has 1 aliphatic rings. The quantitative estimate of drug-likeness (QED) is 0.0432. The molecule has 0 fully saturated rings. The largest absolute Gasteiger partial charge is 0.409 e. The molecule has 0 aliphatic heterocycles. The highest BCUT2D eigenvalue weighted by atomic mass is 35.5. The van der Waals surface area contributed by atoms with Crippen molar-refractivity contribution in [3.8, 4) is 42.5 Å². The number of anilines is 1. The van der Waals surface area contributed by atoms with E-state index in [1.54, 1.807) is 37.4 Å². The highest BCUT2D eigenvalue weighted by Crippen LogP contribution is 2.39. The molecule has 392 valence electrons. The molecule has 8 rings (SSSR count). The van der Waals surface area contributed by atoms with Crippen LogP contribution in [0.5, 0.6) is 0 Å². The lowest BCUT2D eigenvalue weighted by atomic mass is 9.96. The van der Waals surface area contributed by atoms with E-state index in [2.05, 4.69) is 53.1 Å². The number of thiophene rings is 3. The van der Waals surface area contributed by atoms with Gasteiger partial charge in [-0.2, -0.15) is 13.2 Å². The molecule has 4 unspecified atom stereocenters. The first-order chi connectivity index (χ1) is 36.1. The SMILES string of the molecule is CCC(CCC(C)NC(=O)C(Sc1nnc(-c2cccs2)[nH]1)C(F)(F)F)c1ccc(-c2nnc(SCC(=O)Nc3ccc(-c4ccc(-c5nnc(SC(Cl)C(=O)N(C)C6=C\C=C\C=C/C=C\6)n5C)s4)cc3)n2CC)s1. The Morgan fingerprint density at radius 2 is 1.55 bits per heavy atom. The van der Waals surface area contributed by atoms with Gasteiger partial charge in [-0.1, -0.05) is 102 Å². The number of aromatic nitrogens is 9. The predicted octanol–water partition coefficient (Wildman–Crippen LogP) is 12.3. The standard InChI is InChI=1S/C50H50ClF3N12O3S6/c1-6-30(18-17-29(3)55-45(68)40(50(52,53)54)74-47-57-42(58-61-47)36-16-13-27-70-36)34-23-26-38(72-34)44-60-63-49(66(44)7-2)71-28-39(67)56-32-21-19-31(20-22-32)35-24-25-37(73-35)43-59-62-48(65(43)5)75-41(51)46(69)64(4)33-14-11-9-8-10-12-15-33/h8-16,19-27,29-30,40-41H,6-7,17-18,28H2,1-5H3,(H,55,68)(H,56,67)(H,57,58,61)/b9-8-,10-8?,11-9?,12-10+,14-11-,15-12?,33-14?,33-15-. The van der Waals surface area contributed by atoms with Crippen molar-refractivity contribution in [1.29, 1.82) is 0 Å². The normalized spacial score (nSPS) is 16.2. The summed E-state index contributed by atoms with van der Waals surface area (Å²) in [5.74, 6) is 0.237. The van der Waals surface area contributed by atoms with E-state index in [9.17, 15) is 27.6 Å². The van der Waals surface area contributed by atoms with Gasteiger partial charge in [-0.3, -0.25) is 14.4 Å². The van der Waals surface area contributed by atoms with E-state index in [1.807, 2.05) is 120 Å². The van der Waals surface area contributed by atoms with Crippen LogP contribution in [-0.2, 0) is 28.0 Å². The molecule has 4 atom stereocenters. The summed E-state index contributed by atoms with van der Waals surface area (Å²) in [7, 11) is 3.52. The number of halogens is 4. The molecule has 1 aliphatic carbocycles. The molecule has 0 saturated heterocycles. The monoisotopic (exact) mass is 1150 g/mol. The van der Waals surface area contributed by atoms with Crippen molar-refractivity contribution in [3.05, 3.63) is 119 Å². The lowest BCUT2D eigenvalue weighted by Crippen LogP contribution is -2.45. The first-order valence-electron chi connectivity index (χ1n) is 23.5. The number of benzene rings is 1. The molecular weight excluding hydrogens is 1100 g/mol. The maximum absolute atomic E-state index is 14.1. The minimum absolute atomic E-state index is 0.0918. The van der Waals surface area contributed by atoms with Crippen molar-refractivity contribution in [2.75, 3.05) is 18.1 Å². The number of hydrogen-bond donors (Lipinski definition) is 3. The summed E-state index contributed by atoms with van der Waals surface area (Å²) in [6, 6.07) is 18.6. The number of allylic oxidation sites excluding steroid dienone is 7. The van der Waals surface area contributed by atoms with E-state index in [4.69, 9.17) is 11.6 Å². The summed E-state index contributed by atoms with van der Waals surface area (Å²) >= 11 is 13.8. The summed E-state index contributed by atoms with van der Waals surface area (Å²) in [6.07, 6.45) is 10.2. The molecule has 15 nitrogen and oxygen atoms in total. The van der Waals surface area contributed by atoms with Gasteiger partial charge in [0.1, 0.15) is 0 Å². The van der Waals surface area contributed by atoms with E-state index < -0.39 is 28.1 Å². The molecule has 6 aromatic heterocycles. The number of nitrogens with one attached hydrogen (secondary N) is 3. The number of rotatable bonds is 22. The van der Waals surface area contributed by atoms with Crippen molar-refractivity contribution in [1.82, 2.24) is 54.9 Å². The van der Waals surface area contributed by atoms with Crippen LogP contribution < -0.4 is 10.6 Å². The van der Waals surface area contributed by atoms with Crippen LogP contribution in [0, 0.1) is 0 Å². The average molecular weight is 1150 g/mol. The molecule has 3 N–H and O–H groups in total. The lowest BCUT2D eigenvalue weighted by molar-refractivity contribution is -0.150. The van der Waals surface area contributed by atoms with E-state index in [0.717, 1.165) is 48.1 Å². The van der Waals surface area contributed by atoms with Crippen LogP contribution in [0.25, 0.3) is 42.5 Å². The first-order valence-corrected chi connectivity index (χ1v) is 29.2. The third kappa shape index (κ3) is 14.0. The number of hydrogen-bond acceptors (Lipinski definition) is 15. The van der Waals surface area contributed by atoms with Crippen LogP contribution >= 0.6 is 80.9 Å². The Labute approximate surface area is 460 Å². The van der Waals surface area contributed by atoms with Gasteiger partial charge in [-0.25, -0.2) is 0 Å². The second-order valence-electron chi connectivity index (χ2n) is 16.8. The predicted molar refractivity (Wildman–Crippen MR) is 297 cm³/mol. The van der Waals surface area contributed by atoms with Gasteiger partial charge in [0.2, 0.25) is 11.8 Å². The van der Waals surface area contributed by atoms with Crippen LogP contribution in [0.1, 0.15) is 50.8 Å². The first kappa shape index (κ1) is 55.5. The number of carbonyl (C=O) groups is 3. The number of H-pyrrole nitrogens is 1. The lowest BCUT2D eigenvalue weighted by Gasteiger charge is -2.22. The zero-order valence-corrected chi connectivity index (χ0v) is 46.6. The summed E-state index contributed by atoms with van der Waals surface area (Å²) in [4.78, 5) is 48.3. The number of nitrogens with zero attached hydrogens (tertiary/aromatic N) is 9. The van der Waals surface area contributed by atoms with Gasteiger partial charge >= 0.3 is 6.18 Å².